The van der Waals surface area contributed by atoms with Crippen molar-refractivity contribution in [2.45, 2.75) is 38.8 Å². The van der Waals surface area contributed by atoms with Crippen molar-refractivity contribution < 1.29 is 9.53 Å². The molecule has 1 amide bonds. The lowest BCUT2D eigenvalue weighted by molar-refractivity contribution is -0.127. The van der Waals surface area contributed by atoms with Gasteiger partial charge in [-0.05, 0) is 68.1 Å². The van der Waals surface area contributed by atoms with E-state index in [1.165, 1.54) is 5.56 Å². The summed E-state index contributed by atoms with van der Waals surface area (Å²) in [6, 6.07) is 17.7. The number of ether oxygens (including phenoxy) is 1. The molecule has 1 fully saturated rings. The smallest absolute Gasteiger partial charge is 0.224 e. The lowest BCUT2D eigenvalue weighted by Crippen LogP contribution is -2.44. The average Bonchev–Trinajstić information content (AvgIpc) is 3.36. The normalized spacial score (nSPS) is 16.9. The number of methoxy groups -OCH3 is 1. The Bertz CT molecular complexity index is 1160. The number of aromatic nitrogens is 2. The van der Waals surface area contributed by atoms with Crippen molar-refractivity contribution >= 4 is 5.91 Å². The van der Waals surface area contributed by atoms with Gasteiger partial charge < -0.3 is 19.5 Å². The SMILES string of the molecule is COc1cccc(CCN2CCCC(C(=O)N[C@@H](C)c3cncn3Cc3ccc(C#N)cc3)C2)c1. The van der Waals surface area contributed by atoms with E-state index >= 15 is 0 Å². The van der Waals surface area contributed by atoms with Crippen LogP contribution in [-0.2, 0) is 17.8 Å². The Morgan fingerprint density at radius 1 is 1.26 bits per heavy atom. The van der Waals surface area contributed by atoms with E-state index in [0.717, 1.165) is 55.9 Å². The predicted molar refractivity (Wildman–Crippen MR) is 135 cm³/mol. The summed E-state index contributed by atoms with van der Waals surface area (Å²) in [6.07, 6.45) is 6.49. The molecule has 1 saturated heterocycles. The molecular weight excluding hydrogens is 438 g/mol. The van der Waals surface area contributed by atoms with Gasteiger partial charge in [-0.15, -0.1) is 0 Å². The van der Waals surface area contributed by atoms with Gasteiger partial charge in [0.1, 0.15) is 5.75 Å². The second-order valence-corrected chi connectivity index (χ2v) is 9.23. The Kier molecular flexibility index (Phi) is 8.17. The number of hydrogen-bond acceptors (Lipinski definition) is 5. The van der Waals surface area contributed by atoms with Gasteiger partial charge in [0.25, 0.3) is 0 Å². The molecule has 0 radical (unpaired) electrons. The first-order chi connectivity index (χ1) is 17.1. The van der Waals surface area contributed by atoms with Crippen LogP contribution < -0.4 is 10.1 Å². The van der Waals surface area contributed by atoms with Crippen LogP contribution in [-0.4, -0.2) is 47.1 Å². The molecule has 0 saturated carbocycles. The molecule has 35 heavy (non-hydrogen) atoms. The molecule has 2 heterocycles. The van der Waals surface area contributed by atoms with E-state index < -0.39 is 0 Å². The summed E-state index contributed by atoms with van der Waals surface area (Å²) in [7, 11) is 1.69. The monoisotopic (exact) mass is 471 g/mol. The molecule has 1 aromatic heterocycles. The van der Waals surface area contributed by atoms with Crippen LogP contribution in [0, 0.1) is 17.2 Å². The van der Waals surface area contributed by atoms with Gasteiger partial charge in [0, 0.05) is 19.6 Å². The van der Waals surface area contributed by atoms with Crippen molar-refractivity contribution in [3.05, 3.63) is 83.4 Å². The maximum Gasteiger partial charge on any atom is 0.224 e. The lowest BCUT2D eigenvalue weighted by atomic mass is 9.96. The number of imidazole rings is 1. The Morgan fingerprint density at radius 3 is 2.86 bits per heavy atom. The highest BCUT2D eigenvalue weighted by Crippen LogP contribution is 2.21. The van der Waals surface area contributed by atoms with Gasteiger partial charge in [0.15, 0.2) is 0 Å². The molecule has 2 atom stereocenters. The quantitative estimate of drug-likeness (QED) is 0.511. The average molecular weight is 472 g/mol. The Labute approximate surface area is 207 Å². The topological polar surface area (TPSA) is 83.2 Å². The number of hydrogen-bond donors (Lipinski definition) is 1. The first-order valence-corrected chi connectivity index (χ1v) is 12.2. The molecule has 4 rings (SSSR count). The summed E-state index contributed by atoms with van der Waals surface area (Å²) in [5.74, 6) is 0.979. The number of nitrogens with zero attached hydrogens (tertiary/aromatic N) is 4. The van der Waals surface area contributed by atoms with Crippen LogP contribution in [0.3, 0.4) is 0 Å². The summed E-state index contributed by atoms with van der Waals surface area (Å²) >= 11 is 0. The molecule has 1 aliphatic heterocycles. The number of carbonyl (C=O) groups is 1. The summed E-state index contributed by atoms with van der Waals surface area (Å²) in [5.41, 5.74) is 3.94. The van der Waals surface area contributed by atoms with Crippen LogP contribution >= 0.6 is 0 Å². The van der Waals surface area contributed by atoms with Gasteiger partial charge in [-0.3, -0.25) is 4.79 Å². The zero-order valence-electron chi connectivity index (χ0n) is 20.5. The number of benzene rings is 2. The highest BCUT2D eigenvalue weighted by molar-refractivity contribution is 5.79. The third-order valence-electron chi connectivity index (χ3n) is 6.71. The zero-order chi connectivity index (χ0) is 24.6. The second-order valence-electron chi connectivity index (χ2n) is 9.23. The van der Waals surface area contributed by atoms with Gasteiger partial charge in [-0.2, -0.15) is 5.26 Å². The van der Waals surface area contributed by atoms with Gasteiger partial charge in [0.2, 0.25) is 5.91 Å². The maximum atomic E-state index is 13.1. The van der Waals surface area contributed by atoms with Crippen molar-refractivity contribution in [3.63, 3.8) is 0 Å². The van der Waals surface area contributed by atoms with E-state index in [0.29, 0.717) is 12.1 Å². The molecule has 0 spiro atoms. The minimum Gasteiger partial charge on any atom is -0.497 e. The van der Waals surface area contributed by atoms with Crippen LogP contribution in [0.5, 0.6) is 5.75 Å². The minimum absolute atomic E-state index is 0.00796. The molecule has 1 N–H and O–H groups in total. The number of rotatable bonds is 9. The first kappa shape index (κ1) is 24.5. The standard InChI is InChI=1S/C28H33N5O2/c1-21(27-17-30-20-33(27)18-24-10-8-23(16-29)9-11-24)31-28(34)25-6-4-13-32(19-25)14-12-22-5-3-7-26(15-22)35-2/h3,5,7-11,15,17,20-21,25H,4,6,12-14,18-19H2,1-2H3,(H,31,34)/t21-,25?/m0/s1. The third-order valence-corrected chi connectivity index (χ3v) is 6.71. The van der Waals surface area contributed by atoms with Crippen LogP contribution in [0.25, 0.3) is 0 Å². The highest BCUT2D eigenvalue weighted by Gasteiger charge is 2.27. The van der Waals surface area contributed by atoms with Gasteiger partial charge >= 0.3 is 0 Å². The van der Waals surface area contributed by atoms with E-state index in [9.17, 15) is 4.79 Å². The van der Waals surface area contributed by atoms with Crippen LogP contribution in [0.1, 0.15) is 48.2 Å². The summed E-state index contributed by atoms with van der Waals surface area (Å²) in [5, 5.41) is 12.2. The molecule has 1 aliphatic rings. The van der Waals surface area contributed by atoms with Gasteiger partial charge in [-0.1, -0.05) is 24.3 Å². The highest BCUT2D eigenvalue weighted by atomic mass is 16.5. The summed E-state index contributed by atoms with van der Waals surface area (Å²) in [4.78, 5) is 19.8. The van der Waals surface area contributed by atoms with E-state index in [4.69, 9.17) is 10.00 Å². The van der Waals surface area contributed by atoms with Gasteiger partial charge in [-0.25, -0.2) is 4.98 Å². The van der Waals surface area contributed by atoms with Crippen LogP contribution in [0.15, 0.2) is 61.1 Å². The largest absolute Gasteiger partial charge is 0.497 e. The second kappa shape index (κ2) is 11.7. The van der Waals surface area contributed by atoms with Crippen molar-refractivity contribution in [1.82, 2.24) is 19.8 Å². The summed E-state index contributed by atoms with van der Waals surface area (Å²) in [6.45, 7) is 5.40. The molecular formula is C28H33N5O2. The molecule has 7 heteroatoms. The van der Waals surface area contributed by atoms with Gasteiger partial charge in [0.05, 0.1) is 48.9 Å². The number of piperidine rings is 1. The molecule has 3 aromatic rings. The number of nitrogens with one attached hydrogen (secondary N) is 1. The van der Waals surface area contributed by atoms with Crippen molar-refractivity contribution in [3.8, 4) is 11.8 Å². The van der Waals surface area contributed by atoms with E-state index in [1.807, 2.05) is 54.1 Å². The lowest BCUT2D eigenvalue weighted by Gasteiger charge is -2.32. The Morgan fingerprint density at radius 2 is 2.09 bits per heavy atom. The third kappa shape index (κ3) is 6.49. The minimum atomic E-state index is -0.143. The van der Waals surface area contributed by atoms with Crippen molar-refractivity contribution in [2.75, 3.05) is 26.7 Å². The number of nitriles is 1. The van der Waals surface area contributed by atoms with E-state index in [2.05, 4.69) is 33.4 Å². The van der Waals surface area contributed by atoms with E-state index in [-0.39, 0.29) is 17.9 Å². The molecule has 182 valence electrons. The number of amides is 1. The first-order valence-electron chi connectivity index (χ1n) is 12.2. The molecule has 1 unspecified atom stereocenters. The summed E-state index contributed by atoms with van der Waals surface area (Å²) < 4.78 is 7.38. The molecule has 0 bridgehead atoms. The van der Waals surface area contributed by atoms with E-state index in [1.54, 1.807) is 13.4 Å². The van der Waals surface area contributed by atoms with Crippen LogP contribution in [0.2, 0.25) is 0 Å². The Balaban J connectivity index is 1.31. The maximum absolute atomic E-state index is 13.1. The van der Waals surface area contributed by atoms with Crippen LogP contribution in [0.4, 0.5) is 0 Å². The predicted octanol–water partition coefficient (Wildman–Crippen LogP) is 3.94. The fourth-order valence-corrected chi connectivity index (χ4v) is 4.70. The van der Waals surface area contributed by atoms with Crippen molar-refractivity contribution in [2.24, 2.45) is 5.92 Å². The number of carbonyl (C=O) groups excluding carboxylic acids is 1. The zero-order valence-corrected chi connectivity index (χ0v) is 20.5. The molecule has 7 nitrogen and oxygen atoms in total. The molecule has 0 aliphatic carbocycles. The fraction of sp³-hybridized carbons (Fsp3) is 0.393. The Hall–Kier alpha value is -3.63. The van der Waals surface area contributed by atoms with Crippen molar-refractivity contribution in [1.29, 1.82) is 5.26 Å². The molecule has 2 aromatic carbocycles. The number of likely N-dealkylation sites (tertiary alicyclic amines) is 1. The fourth-order valence-electron chi connectivity index (χ4n) is 4.70.